The highest BCUT2D eigenvalue weighted by Crippen LogP contribution is 2.27. The number of hydrogen-bond donors (Lipinski definition) is 2. The number of carbonyl (C=O) groups excluding carboxylic acids is 4. The van der Waals surface area contributed by atoms with Crippen LogP contribution in [0.1, 0.15) is 42.6 Å². The first-order valence-electron chi connectivity index (χ1n) is 10.6. The minimum absolute atomic E-state index is 0.0315. The summed E-state index contributed by atoms with van der Waals surface area (Å²) in [6.45, 7) is 2.98. The number of amides is 4. The molecule has 2 aromatic rings. The molecule has 0 aromatic heterocycles. The first-order valence-corrected chi connectivity index (χ1v) is 12.0. The molecular weight excluding hydrogens is 460 g/mol. The Bertz CT molecular complexity index is 1210. The van der Waals surface area contributed by atoms with Gasteiger partial charge in [-0.3, -0.25) is 19.8 Å². The van der Waals surface area contributed by atoms with Crippen molar-refractivity contribution in [3.8, 4) is 0 Å². The molecule has 2 aromatic carbocycles. The van der Waals surface area contributed by atoms with Gasteiger partial charge < -0.3 is 5.32 Å². The lowest BCUT2D eigenvalue weighted by molar-refractivity contribution is -0.139. The smallest absolute Gasteiger partial charge is 0.318 e. The molecule has 1 atom stereocenters. The Kier molecular flexibility index (Phi) is 7.18. The third-order valence-corrected chi connectivity index (χ3v) is 7.50. The molecule has 1 saturated heterocycles. The Morgan fingerprint density at radius 3 is 2.26 bits per heavy atom. The lowest BCUT2D eigenvalue weighted by atomic mass is 9.92. The number of benzene rings is 2. The molecule has 0 bridgehead atoms. The van der Waals surface area contributed by atoms with Crippen molar-refractivity contribution in [3.05, 3.63) is 65.7 Å². The number of nitrogens with zero attached hydrogens (tertiary/aromatic N) is 2. The predicted molar refractivity (Wildman–Crippen MR) is 123 cm³/mol. The quantitative estimate of drug-likeness (QED) is 0.410. The number of hydrogen-bond acceptors (Lipinski definition) is 6. The van der Waals surface area contributed by atoms with Crippen LogP contribution in [0.25, 0.3) is 0 Å². The van der Waals surface area contributed by atoms with Crippen LogP contribution in [-0.4, -0.2) is 55.0 Å². The van der Waals surface area contributed by atoms with Gasteiger partial charge in [0.2, 0.25) is 15.9 Å². The van der Waals surface area contributed by atoms with Crippen LogP contribution in [-0.2, 0) is 25.2 Å². The Morgan fingerprint density at radius 1 is 1.06 bits per heavy atom. The maximum Gasteiger partial charge on any atom is 0.344 e. The fourth-order valence-electron chi connectivity index (χ4n) is 3.51. The monoisotopic (exact) mass is 486 g/mol. The number of rotatable bonds is 9. The maximum absolute atomic E-state index is 12.8. The van der Waals surface area contributed by atoms with E-state index in [1.54, 1.807) is 37.3 Å². The van der Waals surface area contributed by atoms with Crippen molar-refractivity contribution < 1.29 is 27.6 Å². The van der Waals surface area contributed by atoms with E-state index < -0.39 is 33.4 Å². The molecular formula is C23H26N4O6S. The SMILES string of the molecule is CC(=O)c1ccc(S(=O)(=O)N(C)CCCC(=O)NN2C(=O)N[C@@](C)(c3ccccc3)C2=O)cc1. The minimum atomic E-state index is -3.80. The van der Waals surface area contributed by atoms with Crippen LogP contribution in [0.3, 0.4) is 0 Å². The number of sulfonamides is 1. The summed E-state index contributed by atoms with van der Waals surface area (Å²) >= 11 is 0. The standard InChI is InChI=1S/C23H26N4O6S/c1-16(28)17-11-13-19(14-12-17)34(32,33)26(3)15-7-10-20(29)25-27-21(30)23(2,24-22(27)31)18-8-5-4-6-9-18/h4-6,8-9,11-14H,7,10,15H2,1-3H3,(H,24,31)(H,25,29)/t23-/m0/s1. The van der Waals surface area contributed by atoms with Crippen LogP contribution in [0.15, 0.2) is 59.5 Å². The van der Waals surface area contributed by atoms with E-state index >= 15 is 0 Å². The Morgan fingerprint density at radius 2 is 1.68 bits per heavy atom. The summed E-state index contributed by atoms with van der Waals surface area (Å²) in [6, 6.07) is 13.5. The molecule has 0 saturated carbocycles. The van der Waals surface area contributed by atoms with Gasteiger partial charge in [-0.15, -0.1) is 0 Å². The van der Waals surface area contributed by atoms with Crippen LogP contribution in [0.2, 0.25) is 0 Å². The fourth-order valence-corrected chi connectivity index (χ4v) is 4.72. The summed E-state index contributed by atoms with van der Waals surface area (Å²) in [4.78, 5) is 48.9. The van der Waals surface area contributed by atoms with E-state index in [4.69, 9.17) is 0 Å². The molecule has 0 radical (unpaired) electrons. The van der Waals surface area contributed by atoms with Crippen LogP contribution in [0.5, 0.6) is 0 Å². The van der Waals surface area contributed by atoms with Crippen LogP contribution in [0.4, 0.5) is 4.79 Å². The van der Waals surface area contributed by atoms with Crippen molar-refractivity contribution in [2.24, 2.45) is 0 Å². The van der Waals surface area contributed by atoms with Gasteiger partial charge in [0.15, 0.2) is 5.78 Å². The molecule has 34 heavy (non-hydrogen) atoms. The van der Waals surface area contributed by atoms with Gasteiger partial charge in [0.25, 0.3) is 5.91 Å². The topological polar surface area (TPSA) is 133 Å². The van der Waals surface area contributed by atoms with Crippen LogP contribution in [0, 0.1) is 0 Å². The highest BCUT2D eigenvalue weighted by Gasteiger charge is 2.49. The number of carbonyl (C=O) groups is 4. The molecule has 4 amide bonds. The second kappa shape index (κ2) is 9.74. The number of urea groups is 1. The normalized spacial score (nSPS) is 18.2. The number of nitrogens with one attached hydrogen (secondary N) is 2. The van der Waals surface area contributed by atoms with Crippen molar-refractivity contribution in [3.63, 3.8) is 0 Å². The van der Waals surface area contributed by atoms with Crippen molar-refractivity contribution in [2.45, 2.75) is 37.1 Å². The third-order valence-electron chi connectivity index (χ3n) is 5.62. The zero-order valence-electron chi connectivity index (χ0n) is 19.1. The molecule has 3 rings (SSSR count). The van der Waals surface area contributed by atoms with Gasteiger partial charge in [0.05, 0.1) is 4.90 Å². The summed E-state index contributed by atoms with van der Waals surface area (Å²) in [6.07, 6.45) is 0.0505. The molecule has 11 heteroatoms. The zero-order chi connectivity index (χ0) is 25.1. The van der Waals surface area contributed by atoms with Crippen molar-refractivity contribution in [1.29, 1.82) is 0 Å². The number of hydrazine groups is 1. The third kappa shape index (κ3) is 5.00. The van der Waals surface area contributed by atoms with E-state index in [-0.39, 0.29) is 30.1 Å². The molecule has 0 spiro atoms. The fraction of sp³-hybridized carbons (Fsp3) is 0.304. The van der Waals surface area contributed by atoms with Gasteiger partial charge in [0, 0.05) is 25.6 Å². The van der Waals surface area contributed by atoms with E-state index in [0.717, 1.165) is 4.31 Å². The first-order chi connectivity index (χ1) is 16.0. The lowest BCUT2D eigenvalue weighted by Crippen LogP contribution is -2.48. The molecule has 1 aliphatic rings. The highest BCUT2D eigenvalue weighted by atomic mass is 32.2. The van der Waals surface area contributed by atoms with E-state index in [1.165, 1.54) is 38.2 Å². The van der Waals surface area contributed by atoms with E-state index in [2.05, 4.69) is 10.7 Å². The number of imide groups is 1. The van der Waals surface area contributed by atoms with Gasteiger partial charge in [-0.05, 0) is 38.0 Å². The minimum Gasteiger partial charge on any atom is -0.318 e. The zero-order valence-corrected chi connectivity index (χ0v) is 19.9. The van der Waals surface area contributed by atoms with Crippen LogP contribution >= 0.6 is 0 Å². The lowest BCUT2D eigenvalue weighted by Gasteiger charge is -2.22. The molecule has 0 unspecified atom stereocenters. The molecule has 1 fully saturated rings. The van der Waals surface area contributed by atoms with E-state index in [0.29, 0.717) is 16.1 Å². The second-order valence-electron chi connectivity index (χ2n) is 8.11. The largest absolute Gasteiger partial charge is 0.344 e. The first kappa shape index (κ1) is 25.1. The Labute approximate surface area is 197 Å². The summed E-state index contributed by atoms with van der Waals surface area (Å²) in [7, 11) is -2.42. The summed E-state index contributed by atoms with van der Waals surface area (Å²) in [5, 5.41) is 3.23. The van der Waals surface area contributed by atoms with Gasteiger partial charge in [-0.25, -0.2) is 17.5 Å². The predicted octanol–water partition coefficient (Wildman–Crippen LogP) is 1.79. The molecule has 1 heterocycles. The van der Waals surface area contributed by atoms with E-state index in [9.17, 15) is 27.6 Å². The van der Waals surface area contributed by atoms with Crippen LogP contribution < -0.4 is 10.7 Å². The number of Topliss-reactive ketones (excluding diaryl/α,β-unsaturated/α-hetero) is 1. The van der Waals surface area contributed by atoms with Crippen molar-refractivity contribution in [1.82, 2.24) is 20.1 Å². The summed E-state index contributed by atoms with van der Waals surface area (Å²) in [5.41, 5.74) is 1.97. The van der Waals surface area contributed by atoms with Gasteiger partial charge in [0.1, 0.15) is 5.54 Å². The average Bonchev–Trinajstić information content (AvgIpc) is 3.03. The maximum atomic E-state index is 12.8. The molecule has 0 aliphatic carbocycles. The Balaban J connectivity index is 1.55. The number of ketones is 1. The molecule has 10 nitrogen and oxygen atoms in total. The highest BCUT2D eigenvalue weighted by molar-refractivity contribution is 7.89. The van der Waals surface area contributed by atoms with Gasteiger partial charge in [-0.2, -0.15) is 5.01 Å². The van der Waals surface area contributed by atoms with Gasteiger partial charge >= 0.3 is 6.03 Å². The molecule has 2 N–H and O–H groups in total. The van der Waals surface area contributed by atoms with E-state index in [1.807, 2.05) is 0 Å². The van der Waals surface area contributed by atoms with Crippen molar-refractivity contribution in [2.75, 3.05) is 13.6 Å². The summed E-state index contributed by atoms with van der Waals surface area (Å²) < 4.78 is 26.5. The second-order valence-corrected chi connectivity index (χ2v) is 10.2. The Hall–Kier alpha value is -3.57. The molecule has 1 aliphatic heterocycles. The molecule has 180 valence electrons. The average molecular weight is 487 g/mol. The van der Waals surface area contributed by atoms with Crippen molar-refractivity contribution >= 4 is 33.7 Å². The summed E-state index contributed by atoms with van der Waals surface area (Å²) in [5.74, 6) is -1.39. The van der Waals surface area contributed by atoms with Gasteiger partial charge in [-0.1, -0.05) is 42.5 Å².